The smallest absolute Gasteiger partial charge is 0.237 e. The van der Waals surface area contributed by atoms with Gasteiger partial charge in [-0.1, -0.05) is 19.9 Å². The van der Waals surface area contributed by atoms with Gasteiger partial charge < -0.3 is 15.8 Å². The topological polar surface area (TPSA) is 67.6 Å². The first-order chi connectivity index (χ1) is 10.1. The number of hydrogen-bond donors (Lipinski definition) is 2. The normalized spacial score (nSPS) is 19.4. The standard InChI is InChI=1S/C15H25N3O2S/c1-11(2)14(16)15(19)17-10-12(13-4-3-9-21-13)18-5-7-20-8-6-18/h3-4,9,11-12,14H,5-8,10,16H2,1-2H3,(H,17,19)/t12?,14-/m1/s1. The highest BCUT2D eigenvalue weighted by Crippen LogP contribution is 2.25. The van der Waals surface area contributed by atoms with E-state index in [0.717, 1.165) is 26.3 Å². The Morgan fingerprint density at radius 3 is 2.76 bits per heavy atom. The van der Waals surface area contributed by atoms with Gasteiger partial charge in [-0.15, -0.1) is 11.3 Å². The Labute approximate surface area is 130 Å². The van der Waals surface area contributed by atoms with Gasteiger partial charge in [0.1, 0.15) is 0 Å². The molecule has 2 heterocycles. The Morgan fingerprint density at radius 2 is 2.19 bits per heavy atom. The van der Waals surface area contributed by atoms with Crippen LogP contribution < -0.4 is 11.1 Å². The third kappa shape index (κ3) is 4.51. The minimum absolute atomic E-state index is 0.0696. The molecule has 2 rings (SSSR count). The van der Waals surface area contributed by atoms with Crippen molar-refractivity contribution in [3.05, 3.63) is 22.4 Å². The lowest BCUT2D eigenvalue weighted by Gasteiger charge is -2.34. The Balaban J connectivity index is 1.98. The number of ether oxygens (including phenoxy) is 1. The fraction of sp³-hybridized carbons (Fsp3) is 0.667. The molecule has 1 fully saturated rings. The Kier molecular flexibility index (Phi) is 6.17. The number of amides is 1. The quantitative estimate of drug-likeness (QED) is 0.829. The third-order valence-electron chi connectivity index (χ3n) is 3.85. The van der Waals surface area contributed by atoms with E-state index in [-0.39, 0.29) is 17.9 Å². The van der Waals surface area contributed by atoms with Gasteiger partial charge in [-0.2, -0.15) is 0 Å². The molecule has 1 amide bonds. The zero-order chi connectivity index (χ0) is 15.2. The summed E-state index contributed by atoms with van der Waals surface area (Å²) in [5.41, 5.74) is 5.90. The summed E-state index contributed by atoms with van der Waals surface area (Å²) in [6.07, 6.45) is 0. The van der Waals surface area contributed by atoms with Crippen LogP contribution in [-0.4, -0.2) is 49.7 Å². The summed E-state index contributed by atoms with van der Waals surface area (Å²) in [6.45, 7) is 7.82. The summed E-state index contributed by atoms with van der Waals surface area (Å²) in [7, 11) is 0. The lowest BCUT2D eigenvalue weighted by molar-refractivity contribution is -0.123. The molecule has 1 saturated heterocycles. The third-order valence-corrected chi connectivity index (χ3v) is 4.82. The lowest BCUT2D eigenvalue weighted by Crippen LogP contribution is -2.48. The van der Waals surface area contributed by atoms with Crippen LogP contribution in [0.2, 0.25) is 0 Å². The fourth-order valence-corrected chi connectivity index (χ4v) is 3.26. The molecule has 0 bridgehead atoms. The maximum atomic E-state index is 12.1. The van der Waals surface area contributed by atoms with Crippen molar-refractivity contribution >= 4 is 17.2 Å². The number of hydrogen-bond acceptors (Lipinski definition) is 5. The molecule has 1 aliphatic heterocycles. The Morgan fingerprint density at radius 1 is 1.48 bits per heavy atom. The zero-order valence-electron chi connectivity index (χ0n) is 12.7. The minimum atomic E-state index is -0.446. The first-order valence-corrected chi connectivity index (χ1v) is 8.36. The molecule has 1 aromatic heterocycles. The average molecular weight is 311 g/mol. The number of nitrogens with zero attached hydrogens (tertiary/aromatic N) is 1. The summed E-state index contributed by atoms with van der Waals surface area (Å²) in [5, 5.41) is 5.08. The molecule has 2 atom stereocenters. The SMILES string of the molecule is CC(C)[C@@H](N)C(=O)NCC(c1cccs1)N1CCOCC1. The molecule has 5 nitrogen and oxygen atoms in total. The van der Waals surface area contributed by atoms with E-state index in [1.165, 1.54) is 4.88 Å². The highest BCUT2D eigenvalue weighted by Gasteiger charge is 2.25. The number of nitrogens with two attached hydrogens (primary N) is 1. The highest BCUT2D eigenvalue weighted by atomic mass is 32.1. The molecule has 118 valence electrons. The second kappa shape index (κ2) is 7.89. The van der Waals surface area contributed by atoms with Crippen LogP contribution in [0.3, 0.4) is 0 Å². The van der Waals surface area contributed by atoms with Gasteiger partial charge in [-0.05, 0) is 17.4 Å². The fourth-order valence-electron chi connectivity index (χ4n) is 2.40. The molecule has 0 saturated carbocycles. The largest absolute Gasteiger partial charge is 0.379 e. The number of rotatable bonds is 6. The van der Waals surface area contributed by atoms with Gasteiger partial charge in [0.25, 0.3) is 0 Å². The number of nitrogens with one attached hydrogen (secondary N) is 1. The van der Waals surface area contributed by atoms with Crippen molar-refractivity contribution in [2.75, 3.05) is 32.8 Å². The highest BCUT2D eigenvalue weighted by molar-refractivity contribution is 7.10. The van der Waals surface area contributed by atoms with Crippen molar-refractivity contribution in [1.82, 2.24) is 10.2 Å². The van der Waals surface area contributed by atoms with Crippen molar-refractivity contribution in [1.29, 1.82) is 0 Å². The molecule has 0 spiro atoms. The summed E-state index contributed by atoms with van der Waals surface area (Å²) in [5.74, 6) is 0.0772. The molecular formula is C15H25N3O2S. The van der Waals surface area contributed by atoms with Crippen LogP contribution in [-0.2, 0) is 9.53 Å². The van der Waals surface area contributed by atoms with E-state index in [1.54, 1.807) is 11.3 Å². The zero-order valence-corrected chi connectivity index (χ0v) is 13.6. The van der Waals surface area contributed by atoms with Crippen LogP contribution in [0, 0.1) is 5.92 Å². The molecule has 1 unspecified atom stereocenters. The van der Waals surface area contributed by atoms with Gasteiger partial charge in [0.05, 0.1) is 25.3 Å². The van der Waals surface area contributed by atoms with Gasteiger partial charge >= 0.3 is 0 Å². The predicted octanol–water partition coefficient (Wildman–Crippen LogP) is 1.22. The maximum Gasteiger partial charge on any atom is 0.237 e. The Hall–Kier alpha value is -0.950. The van der Waals surface area contributed by atoms with Crippen molar-refractivity contribution in [2.24, 2.45) is 11.7 Å². The van der Waals surface area contributed by atoms with Crippen molar-refractivity contribution in [3.8, 4) is 0 Å². The van der Waals surface area contributed by atoms with Gasteiger partial charge in [0, 0.05) is 24.5 Å². The van der Waals surface area contributed by atoms with Gasteiger partial charge in [0.2, 0.25) is 5.91 Å². The van der Waals surface area contributed by atoms with Gasteiger partial charge in [0.15, 0.2) is 0 Å². The van der Waals surface area contributed by atoms with E-state index >= 15 is 0 Å². The predicted molar refractivity (Wildman–Crippen MR) is 85.3 cm³/mol. The van der Waals surface area contributed by atoms with E-state index < -0.39 is 6.04 Å². The van der Waals surface area contributed by atoms with Crippen molar-refractivity contribution in [2.45, 2.75) is 25.9 Å². The van der Waals surface area contributed by atoms with E-state index in [9.17, 15) is 4.79 Å². The molecule has 0 radical (unpaired) electrons. The lowest BCUT2D eigenvalue weighted by atomic mass is 10.0. The van der Waals surface area contributed by atoms with Crippen LogP contribution in [0.1, 0.15) is 24.8 Å². The second-order valence-corrected chi connectivity index (χ2v) is 6.67. The molecule has 0 aliphatic carbocycles. The van der Waals surface area contributed by atoms with E-state index in [1.807, 2.05) is 13.8 Å². The summed E-state index contributed by atoms with van der Waals surface area (Å²) >= 11 is 1.73. The van der Waals surface area contributed by atoms with Gasteiger partial charge in [-0.3, -0.25) is 9.69 Å². The first kappa shape index (κ1) is 16.4. The molecule has 1 aliphatic rings. The van der Waals surface area contributed by atoms with Crippen LogP contribution >= 0.6 is 11.3 Å². The number of morpholine rings is 1. The summed E-state index contributed by atoms with van der Waals surface area (Å²) < 4.78 is 5.42. The molecule has 3 N–H and O–H groups in total. The molecular weight excluding hydrogens is 286 g/mol. The van der Waals surface area contributed by atoms with Crippen molar-refractivity contribution < 1.29 is 9.53 Å². The van der Waals surface area contributed by atoms with Crippen molar-refractivity contribution in [3.63, 3.8) is 0 Å². The molecule has 1 aromatic rings. The Bertz CT molecular complexity index is 430. The molecule has 21 heavy (non-hydrogen) atoms. The molecule has 6 heteroatoms. The summed E-state index contributed by atoms with van der Waals surface area (Å²) in [4.78, 5) is 15.7. The molecule has 0 aromatic carbocycles. The van der Waals surface area contributed by atoms with Crippen LogP contribution in [0.5, 0.6) is 0 Å². The van der Waals surface area contributed by atoms with E-state index in [4.69, 9.17) is 10.5 Å². The second-order valence-electron chi connectivity index (χ2n) is 5.69. The van der Waals surface area contributed by atoms with Crippen LogP contribution in [0.4, 0.5) is 0 Å². The minimum Gasteiger partial charge on any atom is -0.379 e. The maximum absolute atomic E-state index is 12.1. The number of carbonyl (C=O) groups excluding carboxylic acids is 1. The van der Waals surface area contributed by atoms with E-state index in [0.29, 0.717) is 6.54 Å². The average Bonchev–Trinajstić information content (AvgIpc) is 3.01. The number of carbonyl (C=O) groups is 1. The monoisotopic (exact) mass is 311 g/mol. The first-order valence-electron chi connectivity index (χ1n) is 7.48. The number of thiophene rings is 1. The van der Waals surface area contributed by atoms with E-state index in [2.05, 4.69) is 27.7 Å². The van der Waals surface area contributed by atoms with Crippen LogP contribution in [0.15, 0.2) is 17.5 Å². The summed E-state index contributed by atoms with van der Waals surface area (Å²) in [6, 6.07) is 3.94. The van der Waals surface area contributed by atoms with Crippen LogP contribution in [0.25, 0.3) is 0 Å². The van der Waals surface area contributed by atoms with Gasteiger partial charge in [-0.25, -0.2) is 0 Å².